The van der Waals surface area contributed by atoms with E-state index in [1.165, 1.54) is 87.8 Å². The molecule has 0 aliphatic heterocycles. The highest BCUT2D eigenvalue weighted by Gasteiger charge is 2.17. The number of fused-ring (bicyclic) bond motifs is 9. The summed E-state index contributed by atoms with van der Waals surface area (Å²) in [5.41, 5.74) is 12.8. The van der Waals surface area contributed by atoms with Crippen LogP contribution in [0.5, 0.6) is 0 Å². The molecular formula is C38H30N2. The maximum Gasteiger partial charge on any atom is 0.0569 e. The molecule has 6 aromatic carbocycles. The maximum absolute atomic E-state index is 2.39. The summed E-state index contributed by atoms with van der Waals surface area (Å²) >= 11 is 0. The number of benzene rings is 6. The van der Waals surface area contributed by atoms with Crippen LogP contribution in [0.15, 0.2) is 109 Å². The molecule has 2 heteroatoms. The summed E-state index contributed by atoms with van der Waals surface area (Å²) in [6.07, 6.45) is 0. The minimum absolute atomic E-state index is 1.26. The van der Waals surface area contributed by atoms with E-state index in [0.29, 0.717) is 0 Å². The summed E-state index contributed by atoms with van der Waals surface area (Å²) in [7, 11) is 4.43. The van der Waals surface area contributed by atoms with Gasteiger partial charge >= 0.3 is 0 Å². The molecule has 0 bridgehead atoms. The Labute approximate surface area is 233 Å². The van der Waals surface area contributed by atoms with Gasteiger partial charge in [-0.3, -0.25) is 0 Å². The molecule has 0 fully saturated rings. The van der Waals surface area contributed by atoms with Gasteiger partial charge < -0.3 is 9.13 Å². The van der Waals surface area contributed by atoms with E-state index >= 15 is 0 Å². The Hall–Kier alpha value is -4.82. The minimum atomic E-state index is 1.26. The van der Waals surface area contributed by atoms with E-state index in [4.69, 9.17) is 0 Å². The fraction of sp³-hybridized carbons (Fsp3) is 0.105. The number of hydrogen-bond donors (Lipinski definition) is 0. The molecule has 0 unspecified atom stereocenters. The lowest BCUT2D eigenvalue weighted by Gasteiger charge is -2.08. The second-order valence-electron chi connectivity index (χ2n) is 11.3. The second-order valence-corrected chi connectivity index (χ2v) is 11.3. The van der Waals surface area contributed by atoms with Gasteiger partial charge in [-0.2, -0.15) is 0 Å². The Morgan fingerprint density at radius 1 is 0.425 bits per heavy atom. The van der Waals surface area contributed by atoms with Crippen LogP contribution < -0.4 is 0 Å². The molecule has 2 heterocycles. The molecule has 2 aromatic heterocycles. The van der Waals surface area contributed by atoms with E-state index < -0.39 is 0 Å². The van der Waals surface area contributed by atoms with Gasteiger partial charge in [0.05, 0.1) is 11.0 Å². The first-order valence-corrected chi connectivity index (χ1v) is 14.0. The lowest BCUT2D eigenvalue weighted by atomic mass is 9.98. The molecule has 0 amide bonds. The van der Waals surface area contributed by atoms with Gasteiger partial charge in [-0.25, -0.2) is 0 Å². The highest BCUT2D eigenvalue weighted by atomic mass is 15.0. The molecule has 0 radical (unpaired) electrons. The van der Waals surface area contributed by atoms with Crippen molar-refractivity contribution in [3.63, 3.8) is 0 Å². The van der Waals surface area contributed by atoms with Crippen LogP contribution in [0.1, 0.15) is 11.1 Å². The highest BCUT2D eigenvalue weighted by molar-refractivity contribution is 6.25. The summed E-state index contributed by atoms with van der Waals surface area (Å²) in [4.78, 5) is 0. The van der Waals surface area contributed by atoms with Crippen molar-refractivity contribution in [1.82, 2.24) is 9.13 Å². The van der Waals surface area contributed by atoms with Crippen molar-refractivity contribution in [3.05, 3.63) is 120 Å². The fourth-order valence-corrected chi connectivity index (χ4v) is 6.91. The molecule has 0 saturated heterocycles. The predicted octanol–water partition coefficient (Wildman–Crippen LogP) is 10.1. The molecule has 40 heavy (non-hydrogen) atoms. The van der Waals surface area contributed by atoms with Crippen LogP contribution in [-0.4, -0.2) is 9.13 Å². The van der Waals surface area contributed by atoms with E-state index in [2.05, 4.69) is 146 Å². The third kappa shape index (κ3) is 3.17. The van der Waals surface area contributed by atoms with Crippen LogP contribution in [0.25, 0.3) is 76.6 Å². The van der Waals surface area contributed by atoms with Gasteiger partial charge in [-0.15, -0.1) is 0 Å². The summed E-state index contributed by atoms with van der Waals surface area (Å²) < 4.78 is 4.77. The van der Waals surface area contributed by atoms with Crippen LogP contribution in [0.4, 0.5) is 0 Å². The van der Waals surface area contributed by atoms with Crippen LogP contribution in [0.2, 0.25) is 0 Å². The summed E-state index contributed by atoms with van der Waals surface area (Å²) in [6, 6.07) is 40.5. The second kappa shape index (κ2) is 8.34. The first-order valence-electron chi connectivity index (χ1n) is 14.0. The van der Waals surface area contributed by atoms with Crippen molar-refractivity contribution in [2.75, 3.05) is 0 Å². The molecular weight excluding hydrogens is 484 g/mol. The largest absolute Gasteiger partial charge is 0.343 e. The first kappa shape index (κ1) is 23.1. The van der Waals surface area contributed by atoms with E-state index in [1.807, 2.05) is 0 Å². The molecule has 2 nitrogen and oxygen atoms in total. The zero-order chi connectivity index (χ0) is 27.1. The monoisotopic (exact) mass is 514 g/mol. The molecule has 0 spiro atoms. The first-order chi connectivity index (χ1) is 19.5. The Kier molecular flexibility index (Phi) is 4.82. The highest BCUT2D eigenvalue weighted by Crippen LogP contribution is 2.40. The van der Waals surface area contributed by atoms with Gasteiger partial charge in [0.1, 0.15) is 0 Å². The summed E-state index contributed by atoms with van der Waals surface area (Å²) in [5.74, 6) is 0. The van der Waals surface area contributed by atoms with Gasteiger partial charge in [-0.05, 0) is 53.8 Å². The van der Waals surface area contributed by atoms with Crippen molar-refractivity contribution in [1.29, 1.82) is 0 Å². The number of rotatable bonds is 2. The molecule has 0 atom stereocenters. The van der Waals surface area contributed by atoms with E-state index in [-0.39, 0.29) is 0 Å². The molecule has 0 N–H and O–H groups in total. The SMILES string of the molecule is Cc1cccc(-c2ccc3c4ccc5c(ccc6c7ccc(-c8ccccc8C)cc7n(C)c65)c4n(C)c3c2)c1. The Morgan fingerprint density at radius 3 is 1.52 bits per heavy atom. The van der Waals surface area contributed by atoms with Crippen molar-refractivity contribution in [2.24, 2.45) is 14.1 Å². The molecule has 8 rings (SSSR count). The average molecular weight is 515 g/mol. The number of aryl methyl sites for hydroxylation is 4. The Bertz CT molecular complexity index is 2310. The quantitative estimate of drug-likeness (QED) is 0.217. The summed E-state index contributed by atoms with van der Waals surface area (Å²) in [5, 5.41) is 7.81. The van der Waals surface area contributed by atoms with Gasteiger partial charge in [-0.1, -0.05) is 103 Å². The van der Waals surface area contributed by atoms with Gasteiger partial charge in [0, 0.05) is 57.4 Å². The van der Waals surface area contributed by atoms with Gasteiger partial charge in [0.2, 0.25) is 0 Å². The van der Waals surface area contributed by atoms with Crippen LogP contribution in [0.3, 0.4) is 0 Å². The van der Waals surface area contributed by atoms with Crippen molar-refractivity contribution >= 4 is 54.4 Å². The van der Waals surface area contributed by atoms with Crippen molar-refractivity contribution < 1.29 is 0 Å². The molecule has 192 valence electrons. The zero-order valence-corrected chi connectivity index (χ0v) is 23.3. The molecule has 0 aliphatic rings. The van der Waals surface area contributed by atoms with E-state index in [0.717, 1.165) is 0 Å². The average Bonchev–Trinajstić information content (AvgIpc) is 3.43. The maximum atomic E-state index is 2.39. The smallest absolute Gasteiger partial charge is 0.0569 e. The van der Waals surface area contributed by atoms with E-state index in [9.17, 15) is 0 Å². The van der Waals surface area contributed by atoms with Crippen LogP contribution in [-0.2, 0) is 14.1 Å². The lowest BCUT2D eigenvalue weighted by molar-refractivity contribution is 1.02. The number of nitrogens with zero attached hydrogens (tertiary/aromatic N) is 2. The predicted molar refractivity (Wildman–Crippen MR) is 172 cm³/mol. The number of hydrogen-bond acceptors (Lipinski definition) is 0. The molecule has 8 aromatic rings. The van der Waals surface area contributed by atoms with Crippen molar-refractivity contribution in [3.8, 4) is 22.3 Å². The Balaban J connectivity index is 1.39. The number of aromatic nitrogens is 2. The van der Waals surface area contributed by atoms with Gasteiger partial charge in [0.25, 0.3) is 0 Å². The van der Waals surface area contributed by atoms with Crippen LogP contribution in [0, 0.1) is 13.8 Å². The fourth-order valence-electron chi connectivity index (χ4n) is 6.91. The zero-order valence-electron chi connectivity index (χ0n) is 23.3. The Morgan fingerprint density at radius 2 is 0.925 bits per heavy atom. The lowest BCUT2D eigenvalue weighted by Crippen LogP contribution is -1.91. The van der Waals surface area contributed by atoms with Crippen LogP contribution >= 0.6 is 0 Å². The third-order valence-electron chi connectivity index (χ3n) is 8.92. The van der Waals surface area contributed by atoms with Gasteiger partial charge in [0.15, 0.2) is 0 Å². The van der Waals surface area contributed by atoms with Crippen molar-refractivity contribution in [2.45, 2.75) is 13.8 Å². The molecule has 0 saturated carbocycles. The third-order valence-corrected chi connectivity index (χ3v) is 8.92. The van der Waals surface area contributed by atoms with E-state index in [1.54, 1.807) is 0 Å². The topological polar surface area (TPSA) is 9.86 Å². The normalized spacial score (nSPS) is 12.0. The summed E-state index contributed by atoms with van der Waals surface area (Å²) in [6.45, 7) is 4.34. The molecule has 0 aliphatic carbocycles. The standard InChI is InChI=1S/C38H30N2/c1-23-8-7-10-25(20-23)26-12-14-29-31-16-18-34-33(37(31)39(3)35(29)21-26)19-17-32-30-15-13-27(22-36(30)40(4)38(32)34)28-11-6-5-9-24(28)2/h5-22H,1-4H3. The minimum Gasteiger partial charge on any atom is -0.343 e.